The van der Waals surface area contributed by atoms with Gasteiger partial charge in [0.05, 0.1) is 18.7 Å². The van der Waals surface area contributed by atoms with E-state index >= 15 is 0 Å². The van der Waals surface area contributed by atoms with Gasteiger partial charge in [-0.25, -0.2) is 8.78 Å². The highest BCUT2D eigenvalue weighted by atomic mass is 19.1. The molecule has 1 atom stereocenters. The van der Waals surface area contributed by atoms with Crippen LogP contribution in [0.2, 0.25) is 0 Å². The highest BCUT2D eigenvalue weighted by Crippen LogP contribution is 2.19. The molecule has 1 amide bonds. The SMILES string of the molecule is CCCCC#Cc1cncc(C(=O)N2CCOC(COc3cc(F)ccc3F)C2)c1. The molecule has 1 fully saturated rings. The summed E-state index contributed by atoms with van der Waals surface area (Å²) in [4.78, 5) is 18.7. The summed E-state index contributed by atoms with van der Waals surface area (Å²) in [5, 5.41) is 0. The Morgan fingerprint density at radius 1 is 1.33 bits per heavy atom. The molecule has 158 valence electrons. The number of rotatable bonds is 6. The van der Waals surface area contributed by atoms with E-state index in [0.717, 1.165) is 37.5 Å². The Bertz CT molecular complexity index is 940. The molecule has 2 heterocycles. The third-order valence-corrected chi connectivity index (χ3v) is 4.62. The molecule has 0 bridgehead atoms. The third kappa shape index (κ3) is 6.01. The number of nitrogens with zero attached hydrogens (tertiary/aromatic N) is 2. The topological polar surface area (TPSA) is 51.7 Å². The average molecular weight is 414 g/mol. The van der Waals surface area contributed by atoms with Crippen LogP contribution in [0.25, 0.3) is 0 Å². The Morgan fingerprint density at radius 3 is 3.03 bits per heavy atom. The Labute approximate surface area is 175 Å². The molecule has 1 aliphatic rings. The molecule has 1 aromatic heterocycles. The summed E-state index contributed by atoms with van der Waals surface area (Å²) in [6.45, 7) is 3.15. The monoisotopic (exact) mass is 414 g/mol. The Balaban J connectivity index is 1.60. The molecule has 1 aliphatic heterocycles. The molecule has 3 rings (SSSR count). The fourth-order valence-electron chi connectivity index (χ4n) is 3.01. The zero-order valence-electron chi connectivity index (χ0n) is 16.9. The minimum Gasteiger partial charge on any atom is -0.488 e. The average Bonchev–Trinajstić information content (AvgIpc) is 2.77. The van der Waals surface area contributed by atoms with Gasteiger partial charge >= 0.3 is 0 Å². The van der Waals surface area contributed by atoms with E-state index in [0.29, 0.717) is 24.3 Å². The lowest BCUT2D eigenvalue weighted by molar-refractivity contribution is -0.0406. The van der Waals surface area contributed by atoms with Crippen LogP contribution in [-0.2, 0) is 4.74 Å². The number of carbonyl (C=O) groups excluding carboxylic acids is 1. The van der Waals surface area contributed by atoms with Crippen LogP contribution in [0.15, 0.2) is 36.7 Å². The maximum Gasteiger partial charge on any atom is 0.255 e. The number of benzene rings is 1. The van der Waals surface area contributed by atoms with Gasteiger partial charge in [0.25, 0.3) is 5.91 Å². The highest BCUT2D eigenvalue weighted by Gasteiger charge is 2.26. The van der Waals surface area contributed by atoms with Crippen molar-refractivity contribution in [1.82, 2.24) is 9.88 Å². The number of halogens is 2. The predicted molar refractivity (Wildman–Crippen MR) is 108 cm³/mol. The maximum atomic E-state index is 13.7. The van der Waals surface area contributed by atoms with Crippen molar-refractivity contribution in [2.75, 3.05) is 26.3 Å². The van der Waals surface area contributed by atoms with Crippen molar-refractivity contribution >= 4 is 5.91 Å². The van der Waals surface area contributed by atoms with E-state index in [2.05, 4.69) is 23.7 Å². The van der Waals surface area contributed by atoms with Crippen molar-refractivity contribution < 1.29 is 23.0 Å². The summed E-state index contributed by atoms with van der Waals surface area (Å²) in [7, 11) is 0. The fourth-order valence-corrected chi connectivity index (χ4v) is 3.01. The first-order chi connectivity index (χ1) is 14.6. The molecule has 0 radical (unpaired) electrons. The van der Waals surface area contributed by atoms with Crippen molar-refractivity contribution in [3.05, 3.63) is 59.4 Å². The third-order valence-electron chi connectivity index (χ3n) is 4.62. The lowest BCUT2D eigenvalue weighted by atomic mass is 10.1. The lowest BCUT2D eigenvalue weighted by Gasteiger charge is -2.32. The van der Waals surface area contributed by atoms with E-state index in [4.69, 9.17) is 9.47 Å². The number of pyridine rings is 1. The fraction of sp³-hybridized carbons (Fsp3) is 0.391. The van der Waals surface area contributed by atoms with Crippen LogP contribution in [-0.4, -0.2) is 48.2 Å². The molecular formula is C23H24F2N2O3. The first-order valence-electron chi connectivity index (χ1n) is 9.99. The molecule has 0 N–H and O–H groups in total. The predicted octanol–water partition coefficient (Wildman–Crippen LogP) is 3.82. The van der Waals surface area contributed by atoms with E-state index in [1.165, 1.54) is 6.20 Å². The molecule has 30 heavy (non-hydrogen) atoms. The van der Waals surface area contributed by atoms with Crippen LogP contribution < -0.4 is 4.74 Å². The van der Waals surface area contributed by atoms with E-state index in [9.17, 15) is 13.6 Å². The molecule has 1 aromatic carbocycles. The van der Waals surface area contributed by atoms with Crippen LogP contribution >= 0.6 is 0 Å². The number of ether oxygens (including phenoxy) is 2. The van der Waals surface area contributed by atoms with E-state index in [-0.39, 0.29) is 24.8 Å². The van der Waals surface area contributed by atoms with Crippen LogP contribution in [0.3, 0.4) is 0 Å². The lowest BCUT2D eigenvalue weighted by Crippen LogP contribution is -2.47. The number of carbonyl (C=O) groups is 1. The summed E-state index contributed by atoms with van der Waals surface area (Å²) in [6.07, 6.45) is 5.64. The second kappa shape index (κ2) is 10.7. The smallest absolute Gasteiger partial charge is 0.255 e. The molecule has 1 saturated heterocycles. The minimum atomic E-state index is -0.650. The van der Waals surface area contributed by atoms with E-state index < -0.39 is 17.7 Å². The van der Waals surface area contributed by atoms with Gasteiger partial charge in [-0.15, -0.1) is 0 Å². The molecule has 2 aromatic rings. The molecule has 0 saturated carbocycles. The number of unbranched alkanes of at least 4 members (excludes halogenated alkanes) is 2. The minimum absolute atomic E-state index is 0.00530. The van der Waals surface area contributed by atoms with Crippen molar-refractivity contribution in [3.63, 3.8) is 0 Å². The number of hydrogen-bond acceptors (Lipinski definition) is 4. The van der Waals surface area contributed by atoms with Gasteiger partial charge in [0.15, 0.2) is 11.6 Å². The van der Waals surface area contributed by atoms with Crippen molar-refractivity contribution in [1.29, 1.82) is 0 Å². The van der Waals surface area contributed by atoms with Crippen LogP contribution in [0.4, 0.5) is 8.78 Å². The molecule has 0 spiro atoms. The van der Waals surface area contributed by atoms with Crippen LogP contribution in [0.1, 0.15) is 42.1 Å². The number of aromatic nitrogens is 1. The van der Waals surface area contributed by atoms with Crippen molar-refractivity contribution in [2.24, 2.45) is 0 Å². The molecular weight excluding hydrogens is 390 g/mol. The van der Waals surface area contributed by atoms with Gasteiger partial charge in [0.1, 0.15) is 18.5 Å². The normalized spacial score (nSPS) is 16.0. The van der Waals surface area contributed by atoms with Gasteiger partial charge < -0.3 is 14.4 Å². The standard InChI is InChI=1S/C23H24F2N2O3/c1-2-3-4-5-6-17-11-18(14-26-13-17)23(28)27-9-10-29-20(15-27)16-30-22-12-19(24)7-8-21(22)25/h7-8,11-14,20H,2-4,9-10,15-16H2,1H3. The van der Waals surface area contributed by atoms with Gasteiger partial charge in [0.2, 0.25) is 0 Å². The molecule has 1 unspecified atom stereocenters. The van der Waals surface area contributed by atoms with Crippen LogP contribution in [0, 0.1) is 23.5 Å². The zero-order valence-corrected chi connectivity index (χ0v) is 16.9. The highest BCUT2D eigenvalue weighted by molar-refractivity contribution is 5.94. The second-order valence-corrected chi connectivity index (χ2v) is 7.00. The van der Waals surface area contributed by atoms with Crippen molar-refractivity contribution in [2.45, 2.75) is 32.3 Å². The van der Waals surface area contributed by atoms with Gasteiger partial charge in [-0.3, -0.25) is 9.78 Å². The zero-order chi connectivity index (χ0) is 21.3. The van der Waals surface area contributed by atoms with Crippen molar-refractivity contribution in [3.8, 4) is 17.6 Å². The van der Waals surface area contributed by atoms with Crippen LogP contribution in [0.5, 0.6) is 5.75 Å². The first-order valence-corrected chi connectivity index (χ1v) is 9.99. The van der Waals surface area contributed by atoms with Gasteiger partial charge in [-0.2, -0.15) is 0 Å². The van der Waals surface area contributed by atoms with Gasteiger partial charge in [0, 0.05) is 37.0 Å². The first kappa shape index (κ1) is 21.7. The number of morpholine rings is 1. The summed E-state index contributed by atoms with van der Waals surface area (Å²) in [5.41, 5.74) is 1.15. The second-order valence-electron chi connectivity index (χ2n) is 7.00. The Morgan fingerprint density at radius 2 is 2.20 bits per heavy atom. The van der Waals surface area contributed by atoms with E-state index in [1.807, 2.05) is 0 Å². The molecule has 7 heteroatoms. The quantitative estimate of drug-likeness (QED) is 0.533. The molecule has 5 nitrogen and oxygen atoms in total. The number of hydrogen-bond donors (Lipinski definition) is 0. The van der Waals surface area contributed by atoms with E-state index in [1.54, 1.807) is 17.2 Å². The number of amides is 1. The Hall–Kier alpha value is -2.98. The summed E-state index contributed by atoms with van der Waals surface area (Å²) in [6, 6.07) is 4.75. The summed E-state index contributed by atoms with van der Waals surface area (Å²) in [5.74, 6) is 4.54. The molecule has 0 aliphatic carbocycles. The summed E-state index contributed by atoms with van der Waals surface area (Å²) >= 11 is 0. The Kier molecular flexibility index (Phi) is 7.75. The maximum absolute atomic E-state index is 13.7. The summed E-state index contributed by atoms with van der Waals surface area (Å²) < 4.78 is 38.0. The van der Waals surface area contributed by atoms with Gasteiger partial charge in [-0.1, -0.05) is 25.2 Å². The van der Waals surface area contributed by atoms with Gasteiger partial charge in [-0.05, 0) is 24.6 Å². The largest absolute Gasteiger partial charge is 0.488 e.